The second-order valence-corrected chi connectivity index (χ2v) is 3.88. The fraction of sp³-hybridized carbons (Fsp3) is 1.00. The average Bonchev–Trinajstić information content (AvgIpc) is 2.04. The number of hydrogen-bond donors (Lipinski definition) is 0. The van der Waals surface area contributed by atoms with Crippen molar-refractivity contribution in [3.8, 4) is 0 Å². The standard InChI is InChI=1S/C5H13INO3P/c1-7(5-6)3-4-10-11(8)9-2/h11H,3-5H2,1-2H3. The topological polar surface area (TPSA) is 38.8 Å². The van der Waals surface area contributed by atoms with Crippen molar-refractivity contribution in [3.05, 3.63) is 0 Å². The molecule has 0 aromatic rings. The van der Waals surface area contributed by atoms with E-state index >= 15 is 0 Å². The van der Waals surface area contributed by atoms with Gasteiger partial charge in [0.1, 0.15) is 0 Å². The SMILES string of the molecule is CO[PH](=O)OCCN(C)CI. The molecule has 6 heteroatoms. The second-order valence-electron chi connectivity index (χ2n) is 2.00. The highest BCUT2D eigenvalue weighted by Gasteiger charge is 1.97. The minimum absolute atomic E-state index is 0.463. The minimum Gasteiger partial charge on any atom is -0.314 e. The molecule has 11 heavy (non-hydrogen) atoms. The molecule has 0 rings (SSSR count). The molecule has 0 aliphatic carbocycles. The number of alkyl halides is 1. The van der Waals surface area contributed by atoms with E-state index in [4.69, 9.17) is 4.52 Å². The molecule has 0 fully saturated rings. The van der Waals surface area contributed by atoms with Gasteiger partial charge in [-0.05, 0) is 7.05 Å². The van der Waals surface area contributed by atoms with Gasteiger partial charge >= 0.3 is 8.25 Å². The fourth-order valence-electron chi connectivity index (χ4n) is 0.404. The zero-order chi connectivity index (χ0) is 8.69. The molecule has 68 valence electrons. The quantitative estimate of drug-likeness (QED) is 0.321. The van der Waals surface area contributed by atoms with E-state index in [0.29, 0.717) is 6.61 Å². The summed E-state index contributed by atoms with van der Waals surface area (Å²) in [5, 5.41) is 0. The van der Waals surface area contributed by atoms with Crippen LogP contribution in [-0.2, 0) is 13.6 Å². The first-order chi connectivity index (χ1) is 5.20. The Balaban J connectivity index is 3.20. The molecule has 1 unspecified atom stereocenters. The first-order valence-corrected chi connectivity index (χ1v) is 5.91. The summed E-state index contributed by atoms with van der Waals surface area (Å²) in [5.74, 6) is 0. The van der Waals surface area contributed by atoms with E-state index in [9.17, 15) is 4.57 Å². The molecule has 0 aromatic carbocycles. The predicted octanol–water partition coefficient (Wildman–Crippen LogP) is 1.36. The van der Waals surface area contributed by atoms with Crippen molar-refractivity contribution in [2.24, 2.45) is 0 Å². The van der Waals surface area contributed by atoms with Gasteiger partial charge in [-0.2, -0.15) is 0 Å². The van der Waals surface area contributed by atoms with Gasteiger partial charge in [0.05, 0.1) is 11.2 Å². The van der Waals surface area contributed by atoms with Crippen LogP contribution in [0.5, 0.6) is 0 Å². The Hall–Kier alpha value is 0.840. The van der Waals surface area contributed by atoms with Gasteiger partial charge in [0, 0.05) is 13.7 Å². The van der Waals surface area contributed by atoms with Crippen LogP contribution in [0.25, 0.3) is 0 Å². The third-order valence-electron chi connectivity index (χ3n) is 1.06. The Kier molecular flexibility index (Phi) is 8.06. The lowest BCUT2D eigenvalue weighted by molar-refractivity contribution is 0.227. The first kappa shape index (κ1) is 11.8. The Bertz CT molecular complexity index is 124. The van der Waals surface area contributed by atoms with Gasteiger partial charge in [-0.25, -0.2) is 0 Å². The summed E-state index contributed by atoms with van der Waals surface area (Å²) in [7, 11) is 1.14. The van der Waals surface area contributed by atoms with Crippen LogP contribution in [0.15, 0.2) is 0 Å². The molecule has 0 aliphatic rings. The molecule has 0 saturated heterocycles. The lowest BCUT2D eigenvalue weighted by Gasteiger charge is -2.11. The summed E-state index contributed by atoms with van der Waals surface area (Å²) < 4.78 is 20.9. The van der Waals surface area contributed by atoms with Gasteiger partial charge in [0.2, 0.25) is 0 Å². The van der Waals surface area contributed by atoms with Crippen LogP contribution in [0, 0.1) is 0 Å². The van der Waals surface area contributed by atoms with Crippen LogP contribution >= 0.6 is 30.8 Å². The Labute approximate surface area is 81.3 Å². The van der Waals surface area contributed by atoms with E-state index in [1.807, 2.05) is 7.05 Å². The van der Waals surface area contributed by atoms with E-state index in [2.05, 4.69) is 32.0 Å². The lowest BCUT2D eigenvalue weighted by atomic mass is 10.6. The van der Waals surface area contributed by atoms with Crippen LogP contribution in [0.3, 0.4) is 0 Å². The van der Waals surface area contributed by atoms with Gasteiger partial charge in [0.25, 0.3) is 0 Å². The number of likely N-dealkylation sites (N-methyl/N-ethyl adjacent to an activating group) is 1. The van der Waals surface area contributed by atoms with Crippen molar-refractivity contribution in [1.29, 1.82) is 0 Å². The normalized spacial score (nSPS) is 13.8. The zero-order valence-corrected chi connectivity index (χ0v) is 9.83. The van der Waals surface area contributed by atoms with Crippen molar-refractivity contribution in [3.63, 3.8) is 0 Å². The number of halogens is 1. The Morgan fingerprint density at radius 1 is 1.64 bits per heavy atom. The largest absolute Gasteiger partial charge is 0.318 e. The summed E-state index contributed by atoms with van der Waals surface area (Å²) in [6.45, 7) is 1.24. The predicted molar refractivity (Wildman–Crippen MR) is 53.5 cm³/mol. The number of hydrogen-bond acceptors (Lipinski definition) is 4. The third-order valence-corrected chi connectivity index (χ3v) is 3.00. The third kappa shape index (κ3) is 7.21. The molecule has 0 spiro atoms. The van der Waals surface area contributed by atoms with Crippen LogP contribution in [0.2, 0.25) is 0 Å². The summed E-state index contributed by atoms with van der Waals surface area (Å²) in [5.41, 5.74) is 0. The van der Waals surface area contributed by atoms with Gasteiger partial charge < -0.3 is 9.05 Å². The molecule has 0 radical (unpaired) electrons. The second kappa shape index (κ2) is 7.49. The van der Waals surface area contributed by atoms with Gasteiger partial charge in [-0.1, -0.05) is 22.6 Å². The molecule has 0 heterocycles. The highest BCUT2D eigenvalue weighted by Crippen LogP contribution is 2.20. The minimum atomic E-state index is -2.21. The summed E-state index contributed by atoms with van der Waals surface area (Å²) in [6, 6.07) is 0. The maximum Gasteiger partial charge on any atom is 0.318 e. The number of nitrogens with zero attached hydrogens (tertiary/aromatic N) is 1. The molecule has 0 saturated carbocycles. The monoisotopic (exact) mass is 293 g/mol. The first-order valence-electron chi connectivity index (χ1n) is 3.16. The molecule has 0 amide bonds. The molecular weight excluding hydrogens is 280 g/mol. The maximum atomic E-state index is 10.6. The van der Waals surface area contributed by atoms with E-state index in [1.165, 1.54) is 7.11 Å². The van der Waals surface area contributed by atoms with Crippen LogP contribution in [-0.4, -0.2) is 36.8 Å². The van der Waals surface area contributed by atoms with Crippen LogP contribution in [0.1, 0.15) is 0 Å². The average molecular weight is 293 g/mol. The maximum absolute atomic E-state index is 10.6. The zero-order valence-electron chi connectivity index (χ0n) is 6.67. The lowest BCUT2D eigenvalue weighted by Crippen LogP contribution is -2.20. The van der Waals surface area contributed by atoms with E-state index in [0.717, 1.165) is 11.1 Å². The molecule has 0 aliphatic heterocycles. The van der Waals surface area contributed by atoms with Crippen LogP contribution in [0.4, 0.5) is 0 Å². The van der Waals surface area contributed by atoms with E-state index < -0.39 is 8.25 Å². The molecule has 1 atom stereocenters. The van der Waals surface area contributed by atoms with Gasteiger partial charge in [-0.15, -0.1) is 0 Å². The molecule has 0 aromatic heterocycles. The van der Waals surface area contributed by atoms with E-state index in [-0.39, 0.29) is 0 Å². The summed E-state index contributed by atoms with van der Waals surface area (Å²) in [4.78, 5) is 2.06. The Morgan fingerprint density at radius 3 is 2.73 bits per heavy atom. The van der Waals surface area contributed by atoms with Gasteiger partial charge in [-0.3, -0.25) is 9.46 Å². The van der Waals surface area contributed by atoms with E-state index in [1.54, 1.807) is 0 Å². The van der Waals surface area contributed by atoms with Crippen molar-refractivity contribution in [2.45, 2.75) is 0 Å². The molecule has 0 bridgehead atoms. The highest BCUT2D eigenvalue weighted by atomic mass is 127. The smallest absolute Gasteiger partial charge is 0.314 e. The summed E-state index contributed by atoms with van der Waals surface area (Å²) in [6.07, 6.45) is 0. The van der Waals surface area contributed by atoms with Crippen molar-refractivity contribution >= 4 is 30.8 Å². The molecular formula is C5H13INO3P. The molecule has 4 nitrogen and oxygen atoms in total. The van der Waals surface area contributed by atoms with Crippen LogP contribution < -0.4 is 0 Å². The van der Waals surface area contributed by atoms with Crippen molar-refractivity contribution in [1.82, 2.24) is 4.90 Å². The Morgan fingerprint density at radius 2 is 2.27 bits per heavy atom. The highest BCUT2D eigenvalue weighted by molar-refractivity contribution is 14.1. The van der Waals surface area contributed by atoms with Crippen molar-refractivity contribution in [2.75, 3.05) is 31.9 Å². The number of rotatable bonds is 6. The summed E-state index contributed by atoms with van der Waals surface area (Å²) >= 11 is 2.25. The fourth-order valence-corrected chi connectivity index (χ4v) is 1.12. The molecule has 0 N–H and O–H groups in total. The van der Waals surface area contributed by atoms with Crippen molar-refractivity contribution < 1.29 is 13.6 Å². The van der Waals surface area contributed by atoms with Gasteiger partial charge in [0.15, 0.2) is 0 Å².